The maximum Gasteiger partial charge on any atom is 0.254 e. The van der Waals surface area contributed by atoms with Gasteiger partial charge in [-0.15, -0.1) is 22.7 Å². The minimum Gasteiger partial charge on any atom is -0.494 e. The molecule has 0 atom stereocenters. The first-order chi connectivity index (χ1) is 11.2. The van der Waals surface area contributed by atoms with Crippen molar-refractivity contribution in [1.82, 2.24) is 4.90 Å². The van der Waals surface area contributed by atoms with Gasteiger partial charge in [-0.3, -0.25) is 4.79 Å². The van der Waals surface area contributed by atoms with Gasteiger partial charge in [-0.25, -0.2) is 0 Å². The maximum atomic E-state index is 12.5. The third-order valence-electron chi connectivity index (χ3n) is 4.58. The molecule has 0 aromatic carbocycles. The van der Waals surface area contributed by atoms with Crippen LogP contribution in [0.4, 0.5) is 0 Å². The van der Waals surface area contributed by atoms with Crippen LogP contribution in [-0.2, 0) is 4.74 Å². The summed E-state index contributed by atoms with van der Waals surface area (Å²) in [5.41, 5.74) is 1.97. The largest absolute Gasteiger partial charge is 0.494 e. The smallest absolute Gasteiger partial charge is 0.254 e. The number of hydrogen-bond donors (Lipinski definition) is 0. The van der Waals surface area contributed by atoms with E-state index in [1.807, 2.05) is 22.6 Å². The quantitative estimate of drug-likeness (QED) is 0.697. The topological polar surface area (TPSA) is 29.5 Å². The average Bonchev–Trinajstić information content (AvgIpc) is 3.28. The zero-order valence-corrected chi connectivity index (χ0v) is 15.7. The Kier molecular flexibility index (Phi) is 4.07. The number of halogens is 1. The van der Waals surface area contributed by atoms with Crippen LogP contribution in [0.2, 0.25) is 0 Å². The Balaban J connectivity index is 1.39. The number of nitrogens with zero attached hydrogens (tertiary/aromatic N) is 1. The van der Waals surface area contributed by atoms with E-state index in [1.165, 1.54) is 10.5 Å². The minimum absolute atomic E-state index is 0.106. The van der Waals surface area contributed by atoms with E-state index >= 15 is 0 Å². The Morgan fingerprint density at radius 2 is 2.13 bits per heavy atom. The molecule has 1 saturated heterocycles. The van der Waals surface area contributed by atoms with E-state index in [1.54, 1.807) is 22.7 Å². The van der Waals surface area contributed by atoms with Gasteiger partial charge in [0.15, 0.2) is 0 Å². The molecule has 0 unspecified atom stereocenters. The van der Waals surface area contributed by atoms with Crippen molar-refractivity contribution in [3.05, 3.63) is 49.4 Å². The molecule has 3 nitrogen and oxygen atoms in total. The molecule has 2 aromatic heterocycles. The van der Waals surface area contributed by atoms with Crippen molar-refractivity contribution < 1.29 is 9.53 Å². The van der Waals surface area contributed by atoms with E-state index in [0.29, 0.717) is 0 Å². The predicted molar refractivity (Wildman–Crippen MR) is 97.9 cm³/mol. The number of amides is 1. The van der Waals surface area contributed by atoms with Crippen molar-refractivity contribution in [3.63, 3.8) is 0 Å². The average molecular weight is 410 g/mol. The molecular weight excluding hydrogens is 394 g/mol. The van der Waals surface area contributed by atoms with Gasteiger partial charge in [-0.05, 0) is 33.4 Å². The lowest BCUT2D eigenvalue weighted by Gasteiger charge is -2.38. The summed E-state index contributed by atoms with van der Waals surface area (Å²) in [6, 6.07) is 6.12. The van der Waals surface area contributed by atoms with Crippen LogP contribution in [-0.4, -0.2) is 29.5 Å². The number of hydrogen-bond acceptors (Lipinski definition) is 4. The van der Waals surface area contributed by atoms with Gasteiger partial charge in [-0.1, -0.05) is 6.07 Å². The van der Waals surface area contributed by atoms with Crippen LogP contribution >= 0.6 is 38.6 Å². The van der Waals surface area contributed by atoms with Crippen LogP contribution in [0.5, 0.6) is 0 Å². The van der Waals surface area contributed by atoms with Gasteiger partial charge in [0.1, 0.15) is 5.60 Å². The molecule has 4 heterocycles. The van der Waals surface area contributed by atoms with Crippen LogP contribution in [0.3, 0.4) is 0 Å². The molecule has 2 aromatic rings. The van der Waals surface area contributed by atoms with Gasteiger partial charge < -0.3 is 9.64 Å². The number of likely N-dealkylation sites (tertiary alicyclic amines) is 1. The summed E-state index contributed by atoms with van der Waals surface area (Å²) >= 11 is 6.73. The third kappa shape index (κ3) is 2.99. The lowest BCUT2D eigenvalue weighted by atomic mass is 9.86. The summed E-state index contributed by atoms with van der Waals surface area (Å²) in [6.07, 6.45) is 4.68. The Hall–Kier alpha value is -1.11. The van der Waals surface area contributed by atoms with Gasteiger partial charge >= 0.3 is 0 Å². The summed E-state index contributed by atoms with van der Waals surface area (Å²) < 4.78 is 7.06. The highest BCUT2D eigenvalue weighted by molar-refractivity contribution is 9.11. The van der Waals surface area contributed by atoms with Crippen molar-refractivity contribution in [2.45, 2.75) is 24.9 Å². The third-order valence-corrected chi connectivity index (χ3v) is 7.03. The lowest BCUT2D eigenvalue weighted by molar-refractivity contribution is -0.0112. The second-order valence-electron chi connectivity index (χ2n) is 6.03. The number of ether oxygens (including phenoxy) is 1. The molecule has 1 amide bonds. The Labute approximate surface area is 151 Å². The van der Waals surface area contributed by atoms with E-state index < -0.39 is 0 Å². The number of rotatable bonds is 2. The second-order valence-corrected chi connectivity index (χ2v) is 9.27. The minimum atomic E-state index is -0.106. The van der Waals surface area contributed by atoms with Gasteiger partial charge in [0.2, 0.25) is 0 Å². The van der Waals surface area contributed by atoms with Crippen molar-refractivity contribution in [2.24, 2.45) is 0 Å². The molecule has 0 aliphatic carbocycles. The van der Waals surface area contributed by atoms with Crippen LogP contribution in [0.15, 0.2) is 39.0 Å². The summed E-state index contributed by atoms with van der Waals surface area (Å²) in [5.74, 6) is 0.131. The van der Waals surface area contributed by atoms with E-state index in [0.717, 1.165) is 41.7 Å². The van der Waals surface area contributed by atoms with Crippen molar-refractivity contribution in [1.29, 1.82) is 0 Å². The molecule has 1 spiro atoms. The predicted octanol–water partition coefficient (Wildman–Crippen LogP) is 5.01. The summed E-state index contributed by atoms with van der Waals surface area (Å²) in [5, 5.41) is 4.01. The summed E-state index contributed by atoms with van der Waals surface area (Å²) in [4.78, 5) is 15.8. The van der Waals surface area contributed by atoms with Crippen molar-refractivity contribution >= 4 is 50.1 Å². The first-order valence-corrected chi connectivity index (χ1v) is 10.1. The van der Waals surface area contributed by atoms with E-state index in [2.05, 4.69) is 33.4 Å². The molecule has 4 rings (SSSR count). The summed E-state index contributed by atoms with van der Waals surface area (Å²) in [7, 11) is 0. The van der Waals surface area contributed by atoms with Crippen LogP contribution in [0.25, 0.3) is 5.57 Å². The fraction of sp³-hybridized carbons (Fsp3) is 0.353. The van der Waals surface area contributed by atoms with E-state index in [4.69, 9.17) is 4.74 Å². The fourth-order valence-electron chi connectivity index (χ4n) is 3.25. The molecule has 2 aliphatic rings. The van der Waals surface area contributed by atoms with Gasteiger partial charge in [-0.2, -0.15) is 0 Å². The molecule has 120 valence electrons. The second kappa shape index (κ2) is 6.07. The highest BCUT2D eigenvalue weighted by atomic mass is 79.9. The number of thiophene rings is 2. The Morgan fingerprint density at radius 1 is 1.30 bits per heavy atom. The standard InChI is InChI=1S/C17H16BrNO2S2/c18-15-8-12(11-23-15)16(20)19-5-3-17(4-6-19)9-13(10-21-17)14-2-1-7-22-14/h1-2,7-8,10-11H,3-6,9H2. The van der Waals surface area contributed by atoms with Crippen LogP contribution in [0, 0.1) is 0 Å². The van der Waals surface area contributed by atoms with Gasteiger partial charge in [0.25, 0.3) is 5.91 Å². The Morgan fingerprint density at radius 3 is 2.78 bits per heavy atom. The molecule has 1 fully saturated rings. The highest BCUT2D eigenvalue weighted by Gasteiger charge is 2.41. The molecule has 23 heavy (non-hydrogen) atoms. The van der Waals surface area contributed by atoms with Crippen molar-refractivity contribution in [2.75, 3.05) is 13.1 Å². The Bertz CT molecular complexity index is 742. The van der Waals surface area contributed by atoms with Crippen LogP contribution in [0.1, 0.15) is 34.5 Å². The van der Waals surface area contributed by atoms with Crippen LogP contribution < -0.4 is 0 Å². The number of carbonyl (C=O) groups excluding carboxylic acids is 1. The fourth-order valence-corrected chi connectivity index (χ4v) is 5.11. The van der Waals surface area contributed by atoms with Gasteiger partial charge in [0.05, 0.1) is 15.6 Å². The highest BCUT2D eigenvalue weighted by Crippen LogP contribution is 2.42. The first-order valence-electron chi connectivity index (χ1n) is 7.59. The van der Waals surface area contributed by atoms with E-state index in [-0.39, 0.29) is 11.5 Å². The number of carbonyl (C=O) groups is 1. The maximum absolute atomic E-state index is 12.5. The summed E-state index contributed by atoms with van der Waals surface area (Å²) in [6.45, 7) is 1.52. The molecule has 0 N–H and O–H groups in total. The SMILES string of the molecule is O=C(c1csc(Br)c1)N1CCC2(CC1)CC(c1cccs1)=CO2. The number of piperidine rings is 1. The van der Waals surface area contributed by atoms with Gasteiger partial charge in [0, 0.05) is 48.2 Å². The first kappa shape index (κ1) is 15.4. The monoisotopic (exact) mass is 409 g/mol. The zero-order chi connectivity index (χ0) is 15.9. The molecule has 0 bridgehead atoms. The molecular formula is C17H16BrNO2S2. The molecule has 0 radical (unpaired) electrons. The molecule has 6 heteroatoms. The molecule has 2 aliphatic heterocycles. The normalized spacial score (nSPS) is 19.7. The van der Waals surface area contributed by atoms with Crippen molar-refractivity contribution in [3.8, 4) is 0 Å². The zero-order valence-electron chi connectivity index (χ0n) is 12.5. The lowest BCUT2D eigenvalue weighted by Crippen LogP contribution is -2.46. The molecule has 0 saturated carbocycles. The van der Waals surface area contributed by atoms with E-state index in [9.17, 15) is 4.79 Å².